The van der Waals surface area contributed by atoms with Crippen molar-refractivity contribution in [1.82, 2.24) is 4.98 Å². The quantitative estimate of drug-likeness (QED) is 0.613. The average Bonchev–Trinajstić information content (AvgIpc) is 2.40. The van der Waals surface area contributed by atoms with Gasteiger partial charge in [0.15, 0.2) is 0 Å². The Balaban J connectivity index is 2.68. The van der Waals surface area contributed by atoms with Crippen molar-refractivity contribution in [1.29, 1.82) is 0 Å². The highest BCUT2D eigenvalue weighted by molar-refractivity contribution is 9.10. The lowest BCUT2D eigenvalue weighted by Gasteiger charge is -2.27. The zero-order chi connectivity index (χ0) is 14.9. The number of benzene rings is 1. The first-order chi connectivity index (χ1) is 9.45. The molecule has 2 aromatic rings. The van der Waals surface area contributed by atoms with Crippen LogP contribution in [-0.4, -0.2) is 29.1 Å². The van der Waals surface area contributed by atoms with Gasteiger partial charge in [-0.2, -0.15) is 0 Å². The summed E-state index contributed by atoms with van der Waals surface area (Å²) in [5.41, 5.74) is 1.15. The van der Waals surface area contributed by atoms with Gasteiger partial charge in [-0.05, 0) is 41.2 Å². The van der Waals surface area contributed by atoms with Gasteiger partial charge in [0.25, 0.3) is 0 Å². The molecule has 1 aromatic carbocycles. The SMILES string of the molecule is CB(O)N(B(C)O)c1ncc(Br)c2cc(CBr)ccc12. The molecular weight excluding hydrogens is 386 g/mol. The summed E-state index contributed by atoms with van der Waals surface area (Å²) in [6.07, 6.45) is 1.69. The van der Waals surface area contributed by atoms with E-state index >= 15 is 0 Å². The Labute approximate surface area is 135 Å². The smallest absolute Gasteiger partial charge is 0.399 e. The van der Waals surface area contributed by atoms with Gasteiger partial charge in [0.2, 0.25) is 0 Å². The van der Waals surface area contributed by atoms with Gasteiger partial charge in [-0.3, -0.25) is 0 Å². The highest BCUT2D eigenvalue weighted by Gasteiger charge is 2.27. The fourth-order valence-electron chi connectivity index (χ4n) is 2.20. The Morgan fingerprint density at radius 2 is 1.85 bits per heavy atom. The fraction of sp³-hybridized carbons (Fsp3) is 0.250. The van der Waals surface area contributed by atoms with E-state index in [0.717, 1.165) is 26.1 Å². The minimum atomic E-state index is -0.831. The van der Waals surface area contributed by atoms with Gasteiger partial charge in [-0.25, -0.2) is 4.98 Å². The van der Waals surface area contributed by atoms with Gasteiger partial charge in [-0.1, -0.05) is 28.1 Å². The first-order valence-corrected chi connectivity index (χ1v) is 8.14. The number of fused-ring (bicyclic) bond motifs is 1. The van der Waals surface area contributed by atoms with E-state index in [1.807, 2.05) is 12.1 Å². The second-order valence-electron chi connectivity index (χ2n) is 4.61. The number of nitrogens with zero attached hydrogens (tertiary/aromatic N) is 2. The molecule has 4 nitrogen and oxygen atoms in total. The minimum absolute atomic E-state index is 0.564. The maximum absolute atomic E-state index is 9.87. The maximum atomic E-state index is 9.87. The van der Waals surface area contributed by atoms with Crippen molar-refractivity contribution in [2.75, 3.05) is 4.72 Å². The summed E-state index contributed by atoms with van der Waals surface area (Å²) in [5.74, 6) is 0.564. The third kappa shape index (κ3) is 3.03. The van der Waals surface area contributed by atoms with Crippen molar-refractivity contribution in [2.45, 2.75) is 19.0 Å². The largest absolute Gasteiger partial charge is 0.433 e. The number of halogens is 2. The zero-order valence-electron chi connectivity index (χ0n) is 11.2. The van der Waals surface area contributed by atoms with Crippen molar-refractivity contribution in [3.05, 3.63) is 34.4 Å². The predicted molar refractivity (Wildman–Crippen MR) is 92.2 cm³/mol. The van der Waals surface area contributed by atoms with Crippen LogP contribution in [0, 0.1) is 0 Å². The Hall–Kier alpha value is -0.560. The van der Waals surface area contributed by atoms with Crippen LogP contribution in [0.3, 0.4) is 0 Å². The van der Waals surface area contributed by atoms with Crippen LogP contribution in [0.1, 0.15) is 5.56 Å². The van der Waals surface area contributed by atoms with E-state index < -0.39 is 14.1 Å². The van der Waals surface area contributed by atoms with E-state index in [9.17, 15) is 10.0 Å². The number of alkyl halides is 1. The lowest BCUT2D eigenvalue weighted by Crippen LogP contribution is -2.47. The number of rotatable bonds is 4. The van der Waals surface area contributed by atoms with Crippen LogP contribution >= 0.6 is 31.9 Å². The first-order valence-electron chi connectivity index (χ1n) is 6.23. The Bertz CT molecular complexity index is 618. The molecule has 0 bridgehead atoms. The van der Waals surface area contributed by atoms with Crippen molar-refractivity contribution in [3.63, 3.8) is 0 Å². The fourth-order valence-corrected chi connectivity index (χ4v) is 2.98. The molecule has 0 amide bonds. The lowest BCUT2D eigenvalue weighted by molar-refractivity contribution is 0.554. The monoisotopic (exact) mass is 398 g/mol. The van der Waals surface area contributed by atoms with Crippen molar-refractivity contribution in [3.8, 4) is 0 Å². The number of aromatic nitrogens is 1. The van der Waals surface area contributed by atoms with E-state index in [4.69, 9.17) is 0 Å². The summed E-state index contributed by atoms with van der Waals surface area (Å²) in [4.78, 5) is 4.35. The second-order valence-corrected chi connectivity index (χ2v) is 6.03. The van der Waals surface area contributed by atoms with Crippen molar-refractivity contribution < 1.29 is 10.0 Å². The van der Waals surface area contributed by atoms with Gasteiger partial charge in [0, 0.05) is 26.8 Å². The highest BCUT2D eigenvalue weighted by Crippen LogP contribution is 2.32. The second kappa shape index (κ2) is 6.47. The molecule has 0 saturated heterocycles. The number of hydrogen-bond acceptors (Lipinski definition) is 4. The topological polar surface area (TPSA) is 56.6 Å². The van der Waals surface area contributed by atoms with Crippen molar-refractivity contribution in [2.24, 2.45) is 0 Å². The molecule has 2 rings (SSSR count). The molecule has 0 spiro atoms. The molecular formula is C12H14B2Br2N2O2. The zero-order valence-corrected chi connectivity index (χ0v) is 14.4. The van der Waals surface area contributed by atoms with Crippen LogP contribution in [-0.2, 0) is 5.33 Å². The number of anilines is 1. The highest BCUT2D eigenvalue weighted by atomic mass is 79.9. The van der Waals surface area contributed by atoms with E-state index in [0.29, 0.717) is 5.82 Å². The third-order valence-corrected chi connectivity index (χ3v) is 4.37. The molecule has 0 atom stereocenters. The Kier molecular flexibility index (Phi) is 5.12. The Morgan fingerprint density at radius 3 is 2.40 bits per heavy atom. The molecule has 0 aliphatic carbocycles. The summed E-state index contributed by atoms with van der Waals surface area (Å²) in [6.45, 7) is 3.21. The van der Waals surface area contributed by atoms with Gasteiger partial charge in [0.05, 0.1) is 0 Å². The van der Waals surface area contributed by atoms with Gasteiger partial charge in [-0.15, -0.1) is 0 Å². The molecule has 0 aliphatic rings. The molecule has 20 heavy (non-hydrogen) atoms. The summed E-state index contributed by atoms with van der Waals surface area (Å²) in [7, 11) is -1.66. The molecule has 0 unspecified atom stereocenters. The number of pyridine rings is 1. The predicted octanol–water partition coefficient (Wildman–Crippen LogP) is 2.92. The van der Waals surface area contributed by atoms with E-state index in [1.54, 1.807) is 19.8 Å². The van der Waals surface area contributed by atoms with Gasteiger partial charge in [0.1, 0.15) is 5.82 Å². The van der Waals surface area contributed by atoms with Crippen LogP contribution in [0.2, 0.25) is 13.6 Å². The summed E-state index contributed by atoms with van der Waals surface area (Å²) < 4.78 is 2.36. The molecule has 0 aliphatic heterocycles. The van der Waals surface area contributed by atoms with Crippen LogP contribution in [0.5, 0.6) is 0 Å². The minimum Gasteiger partial charge on any atom is -0.433 e. The maximum Gasteiger partial charge on any atom is 0.399 e. The van der Waals surface area contributed by atoms with Crippen LogP contribution in [0.15, 0.2) is 28.9 Å². The van der Waals surface area contributed by atoms with Crippen LogP contribution < -0.4 is 4.72 Å². The molecule has 8 heteroatoms. The average molecular weight is 400 g/mol. The molecule has 0 fully saturated rings. The van der Waals surface area contributed by atoms with Gasteiger partial charge >= 0.3 is 14.1 Å². The van der Waals surface area contributed by atoms with Gasteiger partial charge < -0.3 is 14.8 Å². The molecule has 0 radical (unpaired) electrons. The van der Waals surface area contributed by atoms with E-state index in [2.05, 4.69) is 42.9 Å². The summed E-state index contributed by atoms with van der Waals surface area (Å²) in [5, 5.41) is 22.4. The Morgan fingerprint density at radius 1 is 1.20 bits per heavy atom. The summed E-state index contributed by atoms with van der Waals surface area (Å²) in [6, 6.07) is 6.01. The third-order valence-electron chi connectivity index (χ3n) is 3.09. The molecule has 0 saturated carbocycles. The molecule has 104 valence electrons. The standard InChI is InChI=1S/C12H14B2Br2N2O2/c1-13(19)18(14(2)20)12-9-4-3-8(6-15)5-10(9)11(16)7-17-12/h3-5,7,19-20H,6H2,1-2H3. The summed E-state index contributed by atoms with van der Waals surface area (Å²) >= 11 is 6.94. The van der Waals surface area contributed by atoms with Crippen LogP contribution in [0.25, 0.3) is 10.8 Å². The molecule has 2 N–H and O–H groups in total. The lowest BCUT2D eigenvalue weighted by atomic mass is 9.69. The van der Waals surface area contributed by atoms with E-state index in [1.165, 1.54) is 4.72 Å². The van der Waals surface area contributed by atoms with Crippen LogP contribution in [0.4, 0.5) is 5.82 Å². The number of hydrogen-bond donors (Lipinski definition) is 2. The van der Waals surface area contributed by atoms with Crippen molar-refractivity contribution >= 4 is 62.6 Å². The first kappa shape index (κ1) is 15.8. The molecule has 1 heterocycles. The molecule has 1 aromatic heterocycles. The normalized spacial score (nSPS) is 10.7. The van der Waals surface area contributed by atoms with E-state index in [-0.39, 0.29) is 0 Å².